The topological polar surface area (TPSA) is 55.1 Å². The van der Waals surface area contributed by atoms with Crippen LogP contribution in [0.4, 0.5) is 0 Å². The molecule has 0 aromatic heterocycles. The van der Waals surface area contributed by atoms with Gasteiger partial charge in [0, 0.05) is 13.0 Å². The lowest BCUT2D eigenvalue weighted by molar-refractivity contribution is -0.117. The van der Waals surface area contributed by atoms with Crippen LogP contribution in [0.15, 0.2) is 12.4 Å². The molecule has 0 amide bonds. The molecule has 76 valence electrons. The minimum absolute atomic E-state index is 0.267. The van der Waals surface area contributed by atoms with E-state index >= 15 is 0 Å². The lowest BCUT2D eigenvalue weighted by Gasteiger charge is -2.09. The third kappa shape index (κ3) is 8.92. The largest absolute Gasteiger partial charge is 0.386 e. The Morgan fingerprint density at radius 3 is 2.69 bits per heavy atom. The zero-order chi connectivity index (χ0) is 10.3. The van der Waals surface area contributed by atoms with Crippen molar-refractivity contribution >= 4 is 5.78 Å². The van der Waals surface area contributed by atoms with Crippen molar-refractivity contribution in [3.05, 3.63) is 12.4 Å². The molecule has 0 saturated heterocycles. The SMILES string of the molecule is C=C(N)NCCCC(C)CC(C)=O. The molecule has 0 fully saturated rings. The van der Waals surface area contributed by atoms with Crippen LogP contribution < -0.4 is 11.1 Å². The third-order valence-electron chi connectivity index (χ3n) is 1.86. The quantitative estimate of drug-likeness (QED) is 0.588. The Bertz CT molecular complexity index is 178. The van der Waals surface area contributed by atoms with Crippen LogP contribution in [0.3, 0.4) is 0 Å². The van der Waals surface area contributed by atoms with Crippen LogP contribution in [0.25, 0.3) is 0 Å². The molecule has 0 spiro atoms. The maximum Gasteiger partial charge on any atom is 0.130 e. The van der Waals surface area contributed by atoms with Gasteiger partial charge in [0.1, 0.15) is 5.78 Å². The lowest BCUT2D eigenvalue weighted by atomic mass is 10.00. The van der Waals surface area contributed by atoms with Gasteiger partial charge in [0.2, 0.25) is 0 Å². The monoisotopic (exact) mass is 184 g/mol. The summed E-state index contributed by atoms with van der Waals surface area (Å²) in [6.07, 6.45) is 2.77. The molecule has 3 heteroatoms. The molecule has 0 bridgehead atoms. The minimum Gasteiger partial charge on any atom is -0.386 e. The van der Waals surface area contributed by atoms with Gasteiger partial charge in [0.25, 0.3) is 0 Å². The maximum absolute atomic E-state index is 10.7. The van der Waals surface area contributed by atoms with Gasteiger partial charge in [-0.15, -0.1) is 0 Å². The molecule has 1 unspecified atom stereocenters. The number of nitrogens with one attached hydrogen (secondary N) is 1. The number of carbonyl (C=O) groups excluding carboxylic acids is 1. The van der Waals surface area contributed by atoms with Crippen LogP contribution in [-0.4, -0.2) is 12.3 Å². The molecular formula is C10H20N2O. The molecule has 0 radical (unpaired) electrons. The first-order valence-corrected chi connectivity index (χ1v) is 4.70. The number of ketones is 1. The Morgan fingerprint density at radius 1 is 1.62 bits per heavy atom. The van der Waals surface area contributed by atoms with Gasteiger partial charge >= 0.3 is 0 Å². The molecule has 0 aliphatic heterocycles. The average molecular weight is 184 g/mol. The average Bonchev–Trinajstić information content (AvgIpc) is 1.96. The van der Waals surface area contributed by atoms with E-state index in [2.05, 4.69) is 18.8 Å². The van der Waals surface area contributed by atoms with Crippen LogP contribution >= 0.6 is 0 Å². The fraction of sp³-hybridized carbons (Fsp3) is 0.700. The number of rotatable bonds is 7. The van der Waals surface area contributed by atoms with Crippen LogP contribution in [0, 0.1) is 5.92 Å². The predicted molar refractivity (Wildman–Crippen MR) is 55.0 cm³/mol. The second-order valence-corrected chi connectivity index (χ2v) is 3.61. The number of carbonyl (C=O) groups is 1. The first-order valence-electron chi connectivity index (χ1n) is 4.70. The summed E-state index contributed by atoms with van der Waals surface area (Å²) >= 11 is 0. The number of hydrogen-bond acceptors (Lipinski definition) is 3. The molecule has 0 aliphatic rings. The fourth-order valence-electron chi connectivity index (χ4n) is 1.29. The molecule has 3 nitrogen and oxygen atoms in total. The second kappa shape index (κ2) is 6.52. The van der Waals surface area contributed by atoms with E-state index < -0.39 is 0 Å². The molecule has 0 saturated carbocycles. The predicted octanol–water partition coefficient (Wildman–Crippen LogP) is 1.40. The van der Waals surface area contributed by atoms with E-state index in [1.807, 2.05) is 0 Å². The zero-order valence-corrected chi connectivity index (χ0v) is 8.60. The maximum atomic E-state index is 10.7. The highest BCUT2D eigenvalue weighted by Crippen LogP contribution is 2.09. The van der Waals surface area contributed by atoms with E-state index in [0.29, 0.717) is 18.2 Å². The van der Waals surface area contributed by atoms with Crippen molar-refractivity contribution < 1.29 is 4.79 Å². The van der Waals surface area contributed by atoms with E-state index in [4.69, 9.17) is 5.73 Å². The Morgan fingerprint density at radius 2 is 2.23 bits per heavy atom. The van der Waals surface area contributed by atoms with Crippen molar-refractivity contribution in [3.63, 3.8) is 0 Å². The Kier molecular flexibility index (Phi) is 6.02. The molecular weight excluding hydrogens is 164 g/mol. The molecule has 0 aromatic carbocycles. The van der Waals surface area contributed by atoms with Gasteiger partial charge in [-0.1, -0.05) is 13.5 Å². The van der Waals surface area contributed by atoms with E-state index in [-0.39, 0.29) is 5.78 Å². The molecule has 13 heavy (non-hydrogen) atoms. The second-order valence-electron chi connectivity index (χ2n) is 3.61. The fourth-order valence-corrected chi connectivity index (χ4v) is 1.29. The minimum atomic E-state index is 0.267. The van der Waals surface area contributed by atoms with Crippen molar-refractivity contribution in [2.24, 2.45) is 11.7 Å². The smallest absolute Gasteiger partial charge is 0.130 e. The highest BCUT2D eigenvalue weighted by atomic mass is 16.1. The van der Waals surface area contributed by atoms with Crippen molar-refractivity contribution in [1.29, 1.82) is 0 Å². The summed E-state index contributed by atoms with van der Waals surface area (Å²) in [5.41, 5.74) is 5.33. The molecule has 0 aliphatic carbocycles. The summed E-state index contributed by atoms with van der Waals surface area (Å²) in [6.45, 7) is 8.11. The van der Waals surface area contributed by atoms with Gasteiger partial charge in [-0.2, -0.15) is 0 Å². The van der Waals surface area contributed by atoms with E-state index in [1.54, 1.807) is 6.92 Å². The summed E-state index contributed by atoms with van der Waals surface area (Å²) in [7, 11) is 0. The van der Waals surface area contributed by atoms with Gasteiger partial charge in [0.15, 0.2) is 0 Å². The van der Waals surface area contributed by atoms with Crippen molar-refractivity contribution in [2.45, 2.75) is 33.1 Å². The Labute approximate surface area is 80.4 Å². The van der Waals surface area contributed by atoms with Gasteiger partial charge in [-0.25, -0.2) is 0 Å². The third-order valence-corrected chi connectivity index (χ3v) is 1.86. The van der Waals surface area contributed by atoms with Gasteiger partial charge in [0.05, 0.1) is 5.82 Å². The Hall–Kier alpha value is -0.990. The standard InChI is InChI=1S/C10H20N2O/c1-8(7-9(2)13)5-4-6-12-10(3)11/h8,12H,3-7,11H2,1-2H3. The number of hydrogen-bond donors (Lipinski definition) is 2. The summed E-state index contributed by atoms with van der Waals surface area (Å²) in [5.74, 6) is 1.26. The zero-order valence-electron chi connectivity index (χ0n) is 8.60. The van der Waals surface area contributed by atoms with Gasteiger partial charge in [-0.3, -0.25) is 0 Å². The number of Topliss-reactive ketones (excluding diaryl/α,β-unsaturated/α-hetero) is 1. The van der Waals surface area contributed by atoms with Gasteiger partial charge < -0.3 is 15.8 Å². The van der Waals surface area contributed by atoms with Crippen molar-refractivity contribution in [3.8, 4) is 0 Å². The summed E-state index contributed by atoms with van der Waals surface area (Å²) in [5, 5.41) is 2.95. The van der Waals surface area contributed by atoms with Crippen molar-refractivity contribution in [1.82, 2.24) is 5.32 Å². The highest BCUT2D eigenvalue weighted by molar-refractivity contribution is 5.75. The van der Waals surface area contributed by atoms with Crippen LogP contribution in [0.1, 0.15) is 33.1 Å². The summed E-state index contributed by atoms with van der Waals surface area (Å²) in [4.78, 5) is 10.7. The van der Waals surface area contributed by atoms with E-state index in [9.17, 15) is 4.79 Å². The first kappa shape index (κ1) is 12.0. The lowest BCUT2D eigenvalue weighted by Crippen LogP contribution is -2.20. The number of nitrogens with two attached hydrogens (primary N) is 1. The van der Waals surface area contributed by atoms with Crippen LogP contribution in [0.5, 0.6) is 0 Å². The van der Waals surface area contributed by atoms with E-state index in [1.165, 1.54) is 0 Å². The molecule has 0 heterocycles. The van der Waals surface area contributed by atoms with E-state index in [0.717, 1.165) is 19.4 Å². The molecule has 0 aromatic rings. The van der Waals surface area contributed by atoms with Crippen molar-refractivity contribution in [2.75, 3.05) is 6.54 Å². The van der Waals surface area contributed by atoms with Crippen LogP contribution in [-0.2, 0) is 4.79 Å². The summed E-state index contributed by atoms with van der Waals surface area (Å²) in [6, 6.07) is 0. The van der Waals surface area contributed by atoms with Gasteiger partial charge in [-0.05, 0) is 25.7 Å². The van der Waals surface area contributed by atoms with Crippen LogP contribution in [0.2, 0.25) is 0 Å². The molecule has 1 atom stereocenters. The first-order chi connectivity index (χ1) is 6.02. The summed E-state index contributed by atoms with van der Waals surface area (Å²) < 4.78 is 0. The Balaban J connectivity index is 3.31. The molecule has 0 rings (SSSR count). The highest BCUT2D eigenvalue weighted by Gasteiger charge is 2.04. The normalized spacial score (nSPS) is 12.2. The molecule has 3 N–H and O–H groups in total.